The second-order valence-corrected chi connectivity index (χ2v) is 6.29. The highest BCUT2D eigenvalue weighted by atomic mass is 16.2. The molecule has 110 valence electrons. The molecule has 1 heterocycles. The van der Waals surface area contributed by atoms with Crippen LogP contribution in [0, 0.1) is 11.8 Å². The van der Waals surface area contributed by atoms with Gasteiger partial charge >= 0.3 is 0 Å². The van der Waals surface area contributed by atoms with Crippen molar-refractivity contribution in [2.24, 2.45) is 11.8 Å². The summed E-state index contributed by atoms with van der Waals surface area (Å²) in [4.78, 5) is 12.3. The minimum absolute atomic E-state index is 0.0662. The predicted octanol–water partition coefficient (Wildman–Crippen LogP) is 2.84. The highest BCUT2D eigenvalue weighted by molar-refractivity contribution is 5.80. The van der Waals surface area contributed by atoms with Crippen LogP contribution in [0.25, 0.3) is 0 Å². The molecule has 1 fully saturated rings. The molecule has 1 aliphatic heterocycles. The SMILES string of the molecule is CC(C)c1ccc(C(C)NC(=O)[C@@H]2CNC[C@H]2C)cc1. The van der Waals surface area contributed by atoms with Crippen molar-refractivity contribution in [1.82, 2.24) is 10.6 Å². The van der Waals surface area contributed by atoms with Gasteiger partial charge in [-0.15, -0.1) is 0 Å². The van der Waals surface area contributed by atoms with Gasteiger partial charge in [-0.05, 0) is 36.4 Å². The van der Waals surface area contributed by atoms with Crippen LogP contribution in [0.2, 0.25) is 0 Å². The second-order valence-electron chi connectivity index (χ2n) is 6.29. The van der Waals surface area contributed by atoms with Gasteiger partial charge in [0.1, 0.15) is 0 Å². The van der Waals surface area contributed by atoms with Crippen LogP contribution in [-0.2, 0) is 4.79 Å². The van der Waals surface area contributed by atoms with E-state index in [1.807, 2.05) is 0 Å². The molecule has 0 radical (unpaired) electrons. The zero-order chi connectivity index (χ0) is 14.7. The van der Waals surface area contributed by atoms with Crippen molar-refractivity contribution in [2.75, 3.05) is 13.1 Å². The molecule has 0 aromatic heterocycles. The Labute approximate surface area is 122 Å². The molecule has 0 aliphatic carbocycles. The van der Waals surface area contributed by atoms with Gasteiger partial charge in [0.15, 0.2) is 0 Å². The van der Waals surface area contributed by atoms with Crippen LogP contribution in [0.1, 0.15) is 50.8 Å². The fraction of sp³-hybridized carbons (Fsp3) is 0.588. The summed E-state index contributed by atoms with van der Waals surface area (Å²) >= 11 is 0. The third-order valence-corrected chi connectivity index (χ3v) is 4.32. The van der Waals surface area contributed by atoms with Crippen LogP contribution in [0.3, 0.4) is 0 Å². The van der Waals surface area contributed by atoms with E-state index in [0.29, 0.717) is 11.8 Å². The number of rotatable bonds is 4. The first kappa shape index (κ1) is 15.0. The van der Waals surface area contributed by atoms with E-state index in [1.54, 1.807) is 0 Å². The van der Waals surface area contributed by atoms with E-state index in [4.69, 9.17) is 0 Å². The van der Waals surface area contributed by atoms with Gasteiger partial charge in [-0.25, -0.2) is 0 Å². The summed E-state index contributed by atoms with van der Waals surface area (Å²) in [5, 5.41) is 6.41. The first-order valence-electron chi connectivity index (χ1n) is 7.60. The van der Waals surface area contributed by atoms with Crippen molar-refractivity contribution in [3.63, 3.8) is 0 Å². The van der Waals surface area contributed by atoms with Gasteiger partial charge in [0.25, 0.3) is 0 Å². The molecule has 0 bridgehead atoms. The van der Waals surface area contributed by atoms with Crippen molar-refractivity contribution >= 4 is 5.91 Å². The average molecular weight is 274 g/mol. The van der Waals surface area contributed by atoms with Gasteiger partial charge in [0.05, 0.1) is 12.0 Å². The monoisotopic (exact) mass is 274 g/mol. The van der Waals surface area contributed by atoms with E-state index in [-0.39, 0.29) is 17.9 Å². The maximum Gasteiger partial charge on any atom is 0.225 e. The molecule has 1 aromatic carbocycles. The quantitative estimate of drug-likeness (QED) is 0.886. The van der Waals surface area contributed by atoms with Crippen LogP contribution < -0.4 is 10.6 Å². The van der Waals surface area contributed by atoms with Gasteiger partial charge in [-0.1, -0.05) is 45.0 Å². The number of amides is 1. The van der Waals surface area contributed by atoms with Gasteiger partial charge in [-0.2, -0.15) is 0 Å². The average Bonchev–Trinajstić information content (AvgIpc) is 2.85. The second kappa shape index (κ2) is 6.40. The number of hydrogen-bond donors (Lipinski definition) is 2. The van der Waals surface area contributed by atoms with Gasteiger partial charge in [0.2, 0.25) is 5.91 Å². The van der Waals surface area contributed by atoms with Crippen molar-refractivity contribution < 1.29 is 4.79 Å². The highest BCUT2D eigenvalue weighted by Crippen LogP contribution is 2.21. The minimum atomic E-state index is 0.0662. The number of carbonyl (C=O) groups is 1. The molecule has 0 spiro atoms. The van der Waals surface area contributed by atoms with E-state index in [1.165, 1.54) is 11.1 Å². The molecule has 3 nitrogen and oxygen atoms in total. The zero-order valence-electron chi connectivity index (χ0n) is 12.9. The third-order valence-electron chi connectivity index (χ3n) is 4.32. The normalized spacial score (nSPS) is 23.9. The molecule has 3 heteroatoms. The maximum absolute atomic E-state index is 12.3. The van der Waals surface area contributed by atoms with Crippen molar-refractivity contribution in [1.29, 1.82) is 0 Å². The van der Waals surface area contributed by atoms with E-state index in [9.17, 15) is 4.79 Å². The Morgan fingerprint density at radius 1 is 1.15 bits per heavy atom. The molecule has 20 heavy (non-hydrogen) atoms. The number of carbonyl (C=O) groups excluding carboxylic acids is 1. The third kappa shape index (κ3) is 3.40. The number of nitrogens with one attached hydrogen (secondary N) is 2. The molecule has 1 amide bonds. The molecule has 1 aromatic rings. The van der Waals surface area contributed by atoms with Gasteiger partial charge in [0, 0.05) is 6.54 Å². The largest absolute Gasteiger partial charge is 0.349 e. The lowest BCUT2D eigenvalue weighted by Gasteiger charge is -2.20. The van der Waals surface area contributed by atoms with E-state index < -0.39 is 0 Å². The molecule has 0 saturated carbocycles. The van der Waals surface area contributed by atoms with Crippen molar-refractivity contribution in [2.45, 2.75) is 39.7 Å². The van der Waals surface area contributed by atoms with E-state index >= 15 is 0 Å². The standard InChI is InChI=1S/C17H26N2O/c1-11(2)14-5-7-15(8-6-14)13(4)19-17(20)16-10-18-9-12(16)3/h5-8,11-13,16,18H,9-10H2,1-4H3,(H,19,20)/t12-,13?,16-/m1/s1. The molecular weight excluding hydrogens is 248 g/mol. The van der Waals surface area contributed by atoms with Crippen molar-refractivity contribution in [3.8, 4) is 0 Å². The molecule has 3 atom stereocenters. The summed E-state index contributed by atoms with van der Waals surface area (Å²) in [6.45, 7) is 10.3. The maximum atomic E-state index is 12.3. The predicted molar refractivity (Wildman–Crippen MR) is 82.6 cm³/mol. The summed E-state index contributed by atoms with van der Waals surface area (Å²) in [6, 6.07) is 8.62. The van der Waals surface area contributed by atoms with Crippen LogP contribution in [0.4, 0.5) is 0 Å². The van der Waals surface area contributed by atoms with Crippen molar-refractivity contribution in [3.05, 3.63) is 35.4 Å². The fourth-order valence-electron chi connectivity index (χ4n) is 2.73. The molecular formula is C17H26N2O. The topological polar surface area (TPSA) is 41.1 Å². The lowest BCUT2D eigenvalue weighted by molar-refractivity contribution is -0.126. The highest BCUT2D eigenvalue weighted by Gasteiger charge is 2.30. The smallest absolute Gasteiger partial charge is 0.225 e. The van der Waals surface area contributed by atoms with Gasteiger partial charge < -0.3 is 10.6 Å². The first-order valence-corrected chi connectivity index (χ1v) is 7.60. The van der Waals surface area contributed by atoms with E-state index in [0.717, 1.165) is 13.1 Å². The summed E-state index contributed by atoms with van der Waals surface area (Å²) in [5.74, 6) is 1.24. The van der Waals surface area contributed by atoms with Crippen LogP contribution in [0.15, 0.2) is 24.3 Å². The Bertz CT molecular complexity index is 453. The summed E-state index contributed by atoms with van der Waals surface area (Å²) in [5.41, 5.74) is 2.50. The number of benzene rings is 1. The molecule has 1 saturated heterocycles. The molecule has 2 rings (SSSR count). The number of hydrogen-bond acceptors (Lipinski definition) is 2. The van der Waals surface area contributed by atoms with Crippen LogP contribution in [-0.4, -0.2) is 19.0 Å². The Balaban J connectivity index is 1.97. The molecule has 2 N–H and O–H groups in total. The Kier molecular flexibility index (Phi) is 4.81. The molecule has 1 unspecified atom stereocenters. The lowest BCUT2D eigenvalue weighted by atomic mass is 9.96. The zero-order valence-corrected chi connectivity index (χ0v) is 12.9. The summed E-state index contributed by atoms with van der Waals surface area (Å²) in [6.07, 6.45) is 0. The van der Waals surface area contributed by atoms with Gasteiger partial charge in [-0.3, -0.25) is 4.79 Å². The Morgan fingerprint density at radius 3 is 2.25 bits per heavy atom. The fourth-order valence-corrected chi connectivity index (χ4v) is 2.73. The summed E-state index contributed by atoms with van der Waals surface area (Å²) in [7, 11) is 0. The van der Waals surface area contributed by atoms with E-state index in [2.05, 4.69) is 62.6 Å². The Morgan fingerprint density at radius 2 is 1.75 bits per heavy atom. The first-order chi connectivity index (χ1) is 9.49. The van der Waals surface area contributed by atoms with Crippen LogP contribution in [0.5, 0.6) is 0 Å². The summed E-state index contributed by atoms with van der Waals surface area (Å²) < 4.78 is 0. The Hall–Kier alpha value is -1.35. The van der Waals surface area contributed by atoms with Crippen LogP contribution >= 0.6 is 0 Å². The minimum Gasteiger partial charge on any atom is -0.349 e. The lowest BCUT2D eigenvalue weighted by Crippen LogP contribution is -2.35. The molecule has 1 aliphatic rings.